The standard InChI is InChI=1S/C16H23NO3/c18-16(6-1-2-7-16)12-17-8-5-13-3-4-14-15(11-13)20-10-9-19-14/h3-4,11,17-18H,1-2,5-10,12H2. The van der Waals surface area contributed by atoms with Crippen LogP contribution in [0.1, 0.15) is 31.2 Å². The van der Waals surface area contributed by atoms with Crippen LogP contribution in [0.4, 0.5) is 0 Å². The van der Waals surface area contributed by atoms with Crippen molar-refractivity contribution in [2.75, 3.05) is 26.3 Å². The van der Waals surface area contributed by atoms with Crippen molar-refractivity contribution in [2.24, 2.45) is 0 Å². The fraction of sp³-hybridized carbons (Fsp3) is 0.625. The van der Waals surface area contributed by atoms with Crippen LogP contribution in [0.25, 0.3) is 0 Å². The average molecular weight is 277 g/mol. The third kappa shape index (κ3) is 3.25. The van der Waals surface area contributed by atoms with E-state index >= 15 is 0 Å². The molecule has 0 spiro atoms. The van der Waals surface area contributed by atoms with Gasteiger partial charge in [0.1, 0.15) is 13.2 Å². The van der Waals surface area contributed by atoms with Crippen LogP contribution < -0.4 is 14.8 Å². The van der Waals surface area contributed by atoms with E-state index < -0.39 is 5.60 Å². The van der Waals surface area contributed by atoms with Gasteiger partial charge in [0.25, 0.3) is 0 Å². The number of ether oxygens (including phenoxy) is 2. The van der Waals surface area contributed by atoms with E-state index in [0.717, 1.165) is 50.1 Å². The van der Waals surface area contributed by atoms with Crippen molar-refractivity contribution in [3.8, 4) is 11.5 Å². The molecule has 1 fully saturated rings. The Kier molecular flexibility index (Phi) is 4.13. The summed E-state index contributed by atoms with van der Waals surface area (Å²) in [5, 5.41) is 13.6. The summed E-state index contributed by atoms with van der Waals surface area (Å²) in [7, 11) is 0. The van der Waals surface area contributed by atoms with Crippen LogP contribution in [0.3, 0.4) is 0 Å². The number of hydrogen-bond acceptors (Lipinski definition) is 4. The molecule has 4 heteroatoms. The molecule has 0 bridgehead atoms. The minimum Gasteiger partial charge on any atom is -0.486 e. The van der Waals surface area contributed by atoms with Crippen LogP contribution in [0.5, 0.6) is 11.5 Å². The van der Waals surface area contributed by atoms with E-state index in [1.54, 1.807) is 0 Å². The number of rotatable bonds is 5. The summed E-state index contributed by atoms with van der Waals surface area (Å²) in [6.45, 7) is 2.84. The first-order valence-corrected chi connectivity index (χ1v) is 7.57. The minimum atomic E-state index is -0.465. The van der Waals surface area contributed by atoms with Gasteiger partial charge in [-0.3, -0.25) is 0 Å². The lowest BCUT2D eigenvalue weighted by Gasteiger charge is -2.22. The monoisotopic (exact) mass is 277 g/mol. The van der Waals surface area contributed by atoms with E-state index in [1.165, 1.54) is 5.56 Å². The van der Waals surface area contributed by atoms with Gasteiger partial charge in [-0.05, 0) is 43.5 Å². The Balaban J connectivity index is 1.46. The molecule has 1 aromatic carbocycles. The minimum absolute atomic E-state index is 0.465. The molecular weight excluding hydrogens is 254 g/mol. The molecule has 1 aliphatic heterocycles. The topological polar surface area (TPSA) is 50.7 Å². The molecule has 0 amide bonds. The van der Waals surface area contributed by atoms with E-state index in [2.05, 4.69) is 17.4 Å². The van der Waals surface area contributed by atoms with Gasteiger partial charge in [-0.2, -0.15) is 0 Å². The smallest absolute Gasteiger partial charge is 0.161 e. The van der Waals surface area contributed by atoms with E-state index in [9.17, 15) is 5.11 Å². The fourth-order valence-corrected chi connectivity index (χ4v) is 3.01. The van der Waals surface area contributed by atoms with Crippen molar-refractivity contribution in [1.82, 2.24) is 5.32 Å². The van der Waals surface area contributed by atoms with Crippen molar-refractivity contribution < 1.29 is 14.6 Å². The molecule has 1 aromatic rings. The second-order valence-electron chi connectivity index (χ2n) is 5.84. The van der Waals surface area contributed by atoms with Gasteiger partial charge in [-0.25, -0.2) is 0 Å². The SMILES string of the molecule is OC1(CNCCc2ccc3c(c2)OCCO3)CCCC1. The quantitative estimate of drug-likeness (QED) is 0.807. The Hall–Kier alpha value is -1.26. The molecule has 1 heterocycles. The third-order valence-corrected chi connectivity index (χ3v) is 4.19. The molecule has 110 valence electrons. The van der Waals surface area contributed by atoms with Gasteiger partial charge in [0.05, 0.1) is 5.60 Å². The van der Waals surface area contributed by atoms with Crippen molar-refractivity contribution >= 4 is 0 Å². The maximum atomic E-state index is 10.2. The zero-order valence-electron chi connectivity index (χ0n) is 11.9. The highest BCUT2D eigenvalue weighted by Gasteiger charge is 2.30. The second-order valence-corrected chi connectivity index (χ2v) is 5.84. The molecule has 0 unspecified atom stereocenters. The maximum absolute atomic E-state index is 10.2. The van der Waals surface area contributed by atoms with Gasteiger partial charge in [-0.1, -0.05) is 18.9 Å². The summed E-state index contributed by atoms with van der Waals surface area (Å²) < 4.78 is 11.1. The Morgan fingerprint density at radius 3 is 2.65 bits per heavy atom. The van der Waals surface area contributed by atoms with Crippen LogP contribution in [-0.4, -0.2) is 37.0 Å². The second kappa shape index (κ2) is 6.02. The summed E-state index contributed by atoms with van der Waals surface area (Å²) in [6, 6.07) is 6.12. The first-order chi connectivity index (χ1) is 9.75. The number of aliphatic hydroxyl groups is 1. The zero-order valence-corrected chi connectivity index (χ0v) is 11.9. The van der Waals surface area contributed by atoms with Gasteiger partial charge in [0.2, 0.25) is 0 Å². The first kappa shape index (κ1) is 13.7. The van der Waals surface area contributed by atoms with Crippen LogP contribution in [0, 0.1) is 0 Å². The highest BCUT2D eigenvalue weighted by atomic mass is 16.6. The molecule has 3 rings (SSSR count). The Morgan fingerprint density at radius 1 is 1.10 bits per heavy atom. The number of benzene rings is 1. The largest absolute Gasteiger partial charge is 0.486 e. The van der Waals surface area contributed by atoms with Crippen LogP contribution in [0.2, 0.25) is 0 Å². The maximum Gasteiger partial charge on any atom is 0.161 e. The van der Waals surface area contributed by atoms with Crippen molar-refractivity contribution in [1.29, 1.82) is 0 Å². The normalized spacial score (nSPS) is 20.1. The number of hydrogen-bond donors (Lipinski definition) is 2. The molecule has 20 heavy (non-hydrogen) atoms. The van der Waals surface area contributed by atoms with Crippen LogP contribution in [0.15, 0.2) is 18.2 Å². The van der Waals surface area contributed by atoms with Gasteiger partial charge in [-0.15, -0.1) is 0 Å². The van der Waals surface area contributed by atoms with E-state index in [-0.39, 0.29) is 0 Å². The average Bonchev–Trinajstić information content (AvgIpc) is 2.91. The van der Waals surface area contributed by atoms with Crippen molar-refractivity contribution in [2.45, 2.75) is 37.7 Å². The predicted molar refractivity (Wildman–Crippen MR) is 77.4 cm³/mol. The van der Waals surface area contributed by atoms with Crippen molar-refractivity contribution in [3.63, 3.8) is 0 Å². The molecule has 0 aromatic heterocycles. The van der Waals surface area contributed by atoms with Gasteiger partial charge in [0, 0.05) is 6.54 Å². The zero-order chi connectivity index (χ0) is 13.8. The molecule has 0 radical (unpaired) electrons. The van der Waals surface area contributed by atoms with E-state index in [1.807, 2.05) is 6.07 Å². The van der Waals surface area contributed by atoms with E-state index in [0.29, 0.717) is 19.8 Å². The molecular formula is C16H23NO3. The lowest BCUT2D eigenvalue weighted by atomic mass is 10.0. The molecule has 1 aliphatic carbocycles. The third-order valence-electron chi connectivity index (χ3n) is 4.19. The van der Waals surface area contributed by atoms with Crippen LogP contribution in [-0.2, 0) is 6.42 Å². The molecule has 2 aliphatic rings. The first-order valence-electron chi connectivity index (χ1n) is 7.57. The molecule has 1 saturated carbocycles. The summed E-state index contributed by atoms with van der Waals surface area (Å²) in [5.41, 5.74) is 0.771. The van der Waals surface area contributed by atoms with Gasteiger partial charge < -0.3 is 19.9 Å². The predicted octanol–water partition coefficient (Wildman–Crippen LogP) is 1.89. The van der Waals surface area contributed by atoms with Crippen LogP contribution >= 0.6 is 0 Å². The van der Waals surface area contributed by atoms with E-state index in [4.69, 9.17) is 9.47 Å². The lowest BCUT2D eigenvalue weighted by Crippen LogP contribution is -2.38. The molecule has 4 nitrogen and oxygen atoms in total. The Morgan fingerprint density at radius 2 is 1.85 bits per heavy atom. The summed E-state index contributed by atoms with van der Waals surface area (Å²) >= 11 is 0. The highest BCUT2D eigenvalue weighted by molar-refractivity contribution is 5.43. The van der Waals surface area contributed by atoms with Gasteiger partial charge in [0.15, 0.2) is 11.5 Å². The molecule has 0 atom stereocenters. The lowest BCUT2D eigenvalue weighted by molar-refractivity contribution is 0.0480. The summed E-state index contributed by atoms with van der Waals surface area (Å²) in [6.07, 6.45) is 5.11. The van der Waals surface area contributed by atoms with Gasteiger partial charge >= 0.3 is 0 Å². The summed E-state index contributed by atoms with van der Waals surface area (Å²) in [4.78, 5) is 0. The highest BCUT2D eigenvalue weighted by Crippen LogP contribution is 2.31. The van der Waals surface area contributed by atoms with Crippen molar-refractivity contribution in [3.05, 3.63) is 23.8 Å². The fourth-order valence-electron chi connectivity index (χ4n) is 3.01. The number of nitrogens with one attached hydrogen (secondary N) is 1. The Labute approximate surface area is 120 Å². The number of fused-ring (bicyclic) bond motifs is 1. The summed E-state index contributed by atoms with van der Waals surface area (Å²) in [5.74, 6) is 1.69. The molecule has 2 N–H and O–H groups in total. The Bertz CT molecular complexity index is 455. The molecule has 0 saturated heterocycles.